The van der Waals surface area contributed by atoms with Gasteiger partial charge in [-0.25, -0.2) is 0 Å². The first-order valence-electron chi connectivity index (χ1n) is 18.7. The van der Waals surface area contributed by atoms with Gasteiger partial charge in [-0.3, -0.25) is 0 Å². The van der Waals surface area contributed by atoms with E-state index < -0.39 is 0 Å². The molecule has 0 aromatic heterocycles. The van der Waals surface area contributed by atoms with Gasteiger partial charge in [-0.15, -0.1) is 0 Å². The highest BCUT2D eigenvalue weighted by atomic mass is 14.2. The van der Waals surface area contributed by atoms with Crippen molar-refractivity contribution in [2.75, 3.05) is 0 Å². The van der Waals surface area contributed by atoms with E-state index in [0.717, 1.165) is 0 Å². The van der Waals surface area contributed by atoms with Crippen LogP contribution in [0.2, 0.25) is 0 Å². The molecule has 0 heteroatoms. The summed E-state index contributed by atoms with van der Waals surface area (Å²) in [7, 11) is 0. The van der Waals surface area contributed by atoms with Gasteiger partial charge in [0, 0.05) is 0 Å². The lowest BCUT2D eigenvalue weighted by Crippen LogP contribution is -1.89. The van der Waals surface area contributed by atoms with Crippen LogP contribution in [0.1, 0.15) is 0 Å². The zero-order chi connectivity index (χ0) is 35.6. The summed E-state index contributed by atoms with van der Waals surface area (Å²) in [5.41, 5.74) is 9.67. The fraction of sp³-hybridized carbons (Fsp3) is 0. The Hall–Kier alpha value is -7.02. The maximum absolute atomic E-state index is 2.41. The second-order valence-electron chi connectivity index (χ2n) is 14.4. The van der Waals surface area contributed by atoms with Gasteiger partial charge in [0.1, 0.15) is 0 Å². The molecule has 0 fully saturated rings. The highest BCUT2D eigenvalue weighted by molar-refractivity contribution is 6.27. The summed E-state index contributed by atoms with van der Waals surface area (Å²) in [5.74, 6) is 0. The van der Waals surface area contributed by atoms with Crippen LogP contribution in [0, 0.1) is 0 Å². The first kappa shape index (κ1) is 30.6. The van der Waals surface area contributed by atoms with Crippen LogP contribution in [0.4, 0.5) is 0 Å². The zero-order valence-electron chi connectivity index (χ0n) is 29.6. The molecule has 0 N–H and O–H groups in total. The van der Waals surface area contributed by atoms with E-state index >= 15 is 0 Å². The van der Waals surface area contributed by atoms with Crippen LogP contribution in [0.3, 0.4) is 0 Å². The monoisotopic (exact) mass is 682 g/mol. The number of hydrogen-bond acceptors (Lipinski definition) is 0. The largest absolute Gasteiger partial charge is 0.0622 e. The van der Waals surface area contributed by atoms with E-state index in [9.17, 15) is 0 Å². The average molecular weight is 683 g/mol. The second kappa shape index (κ2) is 12.3. The van der Waals surface area contributed by atoms with Crippen LogP contribution in [0.15, 0.2) is 206 Å². The number of hydrogen-bond donors (Lipinski definition) is 0. The standard InChI is InChI=1S/C54H34/c1-2-13-35(14-3-1)36-15-12-16-37(29-36)40-30-41(38-25-27-51-47-21-6-4-17-43(47)45-19-8-10-23-49(45)53(51)33-38)32-42(31-40)39-26-28-52-48-22-7-5-18-44(48)46-20-9-11-24-50(46)54(52)34-39/h1-34H. The molecule has 0 radical (unpaired) electrons. The summed E-state index contributed by atoms with van der Waals surface area (Å²) in [6.45, 7) is 0. The van der Waals surface area contributed by atoms with Gasteiger partial charge in [-0.2, -0.15) is 0 Å². The third kappa shape index (κ3) is 4.92. The Bertz CT molecular complexity index is 3010. The molecule has 0 amide bonds. The molecule has 0 aliphatic heterocycles. The summed E-state index contributed by atoms with van der Waals surface area (Å²) < 4.78 is 0. The van der Waals surface area contributed by atoms with Crippen molar-refractivity contribution in [3.63, 3.8) is 0 Å². The zero-order valence-corrected chi connectivity index (χ0v) is 29.6. The number of benzene rings is 11. The van der Waals surface area contributed by atoms with Gasteiger partial charge in [-0.05, 0) is 146 Å². The van der Waals surface area contributed by atoms with Crippen molar-refractivity contribution in [2.45, 2.75) is 0 Å². The number of rotatable bonds is 4. The molecule has 11 aromatic carbocycles. The quantitative estimate of drug-likeness (QED) is 0.162. The van der Waals surface area contributed by atoms with E-state index in [1.807, 2.05) is 0 Å². The molecular formula is C54H34. The molecule has 0 spiro atoms. The van der Waals surface area contributed by atoms with E-state index in [2.05, 4.69) is 206 Å². The Kier molecular flexibility index (Phi) is 6.97. The van der Waals surface area contributed by atoms with E-state index in [1.165, 1.54) is 109 Å². The Labute approximate surface area is 314 Å². The van der Waals surface area contributed by atoms with Crippen molar-refractivity contribution in [1.29, 1.82) is 0 Å². The topological polar surface area (TPSA) is 0 Å². The molecule has 0 saturated heterocycles. The molecule has 0 nitrogen and oxygen atoms in total. The van der Waals surface area contributed by atoms with Gasteiger partial charge in [0.2, 0.25) is 0 Å². The molecule has 0 heterocycles. The van der Waals surface area contributed by atoms with Crippen molar-refractivity contribution in [2.24, 2.45) is 0 Å². The summed E-state index contributed by atoms with van der Waals surface area (Å²) in [5, 5.41) is 15.5. The minimum absolute atomic E-state index is 1.20. The molecule has 11 aromatic rings. The van der Waals surface area contributed by atoms with Crippen molar-refractivity contribution < 1.29 is 0 Å². The van der Waals surface area contributed by atoms with Crippen LogP contribution in [-0.2, 0) is 0 Å². The maximum atomic E-state index is 2.41. The third-order valence-corrected chi connectivity index (χ3v) is 11.4. The van der Waals surface area contributed by atoms with Gasteiger partial charge < -0.3 is 0 Å². The van der Waals surface area contributed by atoms with Crippen LogP contribution in [0.25, 0.3) is 109 Å². The lowest BCUT2D eigenvalue weighted by atomic mass is 9.88. The predicted octanol–water partition coefficient (Wildman–Crippen LogP) is 15.3. The lowest BCUT2D eigenvalue weighted by molar-refractivity contribution is 1.57. The summed E-state index contributed by atoms with van der Waals surface area (Å²) in [6, 6.07) is 76.2. The fourth-order valence-corrected chi connectivity index (χ4v) is 8.81. The molecule has 0 bridgehead atoms. The van der Waals surface area contributed by atoms with Crippen LogP contribution in [-0.4, -0.2) is 0 Å². The molecule has 250 valence electrons. The summed E-state index contributed by atoms with van der Waals surface area (Å²) in [6.07, 6.45) is 0. The summed E-state index contributed by atoms with van der Waals surface area (Å²) in [4.78, 5) is 0. The van der Waals surface area contributed by atoms with Crippen LogP contribution < -0.4 is 0 Å². The average Bonchev–Trinajstić information content (AvgIpc) is 3.26. The van der Waals surface area contributed by atoms with Gasteiger partial charge >= 0.3 is 0 Å². The van der Waals surface area contributed by atoms with E-state index in [-0.39, 0.29) is 0 Å². The first-order valence-corrected chi connectivity index (χ1v) is 18.7. The molecule has 0 atom stereocenters. The molecule has 54 heavy (non-hydrogen) atoms. The van der Waals surface area contributed by atoms with Crippen molar-refractivity contribution in [1.82, 2.24) is 0 Å². The van der Waals surface area contributed by atoms with Crippen LogP contribution in [0.5, 0.6) is 0 Å². The molecule has 11 rings (SSSR count). The van der Waals surface area contributed by atoms with Crippen LogP contribution >= 0.6 is 0 Å². The third-order valence-electron chi connectivity index (χ3n) is 11.4. The highest BCUT2D eigenvalue weighted by Crippen LogP contribution is 2.41. The van der Waals surface area contributed by atoms with Gasteiger partial charge in [0.05, 0.1) is 0 Å². The Balaban J connectivity index is 1.16. The van der Waals surface area contributed by atoms with Crippen molar-refractivity contribution >= 4 is 64.6 Å². The molecule has 0 saturated carbocycles. The van der Waals surface area contributed by atoms with E-state index in [0.29, 0.717) is 0 Å². The molecule has 0 aliphatic carbocycles. The first-order chi connectivity index (χ1) is 26.8. The second-order valence-corrected chi connectivity index (χ2v) is 14.4. The van der Waals surface area contributed by atoms with Gasteiger partial charge in [-0.1, -0.05) is 170 Å². The van der Waals surface area contributed by atoms with Crippen molar-refractivity contribution in [3.05, 3.63) is 206 Å². The van der Waals surface area contributed by atoms with E-state index in [1.54, 1.807) is 0 Å². The summed E-state index contributed by atoms with van der Waals surface area (Å²) >= 11 is 0. The normalized spacial score (nSPS) is 11.7. The van der Waals surface area contributed by atoms with Crippen molar-refractivity contribution in [3.8, 4) is 44.5 Å². The Morgan fingerprint density at radius 2 is 0.389 bits per heavy atom. The highest BCUT2D eigenvalue weighted by Gasteiger charge is 2.14. The van der Waals surface area contributed by atoms with Gasteiger partial charge in [0.25, 0.3) is 0 Å². The Morgan fingerprint density at radius 1 is 0.130 bits per heavy atom. The lowest BCUT2D eigenvalue weighted by Gasteiger charge is -2.16. The minimum atomic E-state index is 1.20. The van der Waals surface area contributed by atoms with E-state index in [4.69, 9.17) is 0 Å². The maximum Gasteiger partial charge on any atom is -0.00928 e. The predicted molar refractivity (Wildman–Crippen MR) is 233 cm³/mol. The Morgan fingerprint density at radius 3 is 0.778 bits per heavy atom. The molecule has 0 aliphatic rings. The minimum Gasteiger partial charge on any atom is -0.0622 e. The molecule has 0 unspecified atom stereocenters. The van der Waals surface area contributed by atoms with Gasteiger partial charge in [0.15, 0.2) is 0 Å². The fourth-order valence-electron chi connectivity index (χ4n) is 8.81. The smallest absolute Gasteiger partial charge is 0.00928 e. The SMILES string of the molecule is c1ccc(-c2cccc(-c3cc(-c4ccc5c6ccccc6c6ccccc6c5c4)cc(-c4ccc5c6ccccc6c6ccccc6c5c4)c3)c2)cc1. The molecular weight excluding hydrogens is 649 g/mol. The number of fused-ring (bicyclic) bond motifs is 12.